The molecule has 2 aromatic heterocycles. The van der Waals surface area contributed by atoms with Crippen LogP contribution in [0.15, 0.2) is 41.5 Å². The van der Waals surface area contributed by atoms with Crippen molar-refractivity contribution in [1.29, 1.82) is 0 Å². The lowest BCUT2D eigenvalue weighted by Gasteiger charge is -2.31. The van der Waals surface area contributed by atoms with Gasteiger partial charge in [-0.2, -0.15) is 0 Å². The maximum atomic E-state index is 14.6. The van der Waals surface area contributed by atoms with Crippen molar-refractivity contribution in [1.82, 2.24) is 20.3 Å². The molecule has 1 N–H and O–H groups in total. The number of nitrogens with zero attached hydrogens (tertiary/aromatic N) is 4. The summed E-state index contributed by atoms with van der Waals surface area (Å²) in [6, 6.07) is 4.47. The van der Waals surface area contributed by atoms with Crippen molar-refractivity contribution < 1.29 is 18.7 Å². The number of halogens is 1. The molecular formula is C26H26FN5O3S. The summed E-state index contributed by atoms with van der Waals surface area (Å²) in [5, 5.41) is 5.24. The van der Waals surface area contributed by atoms with E-state index in [1.807, 2.05) is 17.8 Å². The maximum absolute atomic E-state index is 14.6. The van der Waals surface area contributed by atoms with E-state index in [9.17, 15) is 14.0 Å². The highest BCUT2D eigenvalue weighted by atomic mass is 32.1. The smallest absolute Gasteiger partial charge is 0.254 e. The molecule has 2 aliphatic heterocycles. The monoisotopic (exact) mass is 507 g/mol. The number of thiazole rings is 1. The lowest BCUT2D eigenvalue weighted by molar-refractivity contribution is -0.124. The van der Waals surface area contributed by atoms with Gasteiger partial charge < -0.3 is 9.64 Å². The topological polar surface area (TPSA) is 97.3 Å². The number of imide groups is 1. The number of hydrogen-bond acceptors (Lipinski definition) is 8. The van der Waals surface area contributed by atoms with Gasteiger partial charge in [-0.15, -0.1) is 11.3 Å². The second-order valence-electron chi connectivity index (χ2n) is 8.89. The molecule has 2 saturated heterocycles. The molecule has 2 fully saturated rings. The zero-order valence-electron chi connectivity index (χ0n) is 19.9. The van der Waals surface area contributed by atoms with Gasteiger partial charge in [-0.05, 0) is 48.6 Å². The van der Waals surface area contributed by atoms with E-state index in [1.54, 1.807) is 17.4 Å². The van der Waals surface area contributed by atoms with Crippen LogP contribution in [0, 0.1) is 5.82 Å². The first-order valence-electron chi connectivity index (χ1n) is 12.0. The van der Waals surface area contributed by atoms with Crippen LogP contribution >= 0.6 is 11.3 Å². The molecular weight excluding hydrogens is 481 g/mol. The molecule has 0 radical (unpaired) electrons. The minimum atomic E-state index is -0.536. The Bertz CT molecular complexity index is 1300. The van der Waals surface area contributed by atoms with Gasteiger partial charge in [0, 0.05) is 42.4 Å². The molecule has 0 unspecified atom stereocenters. The summed E-state index contributed by atoms with van der Waals surface area (Å²) in [4.78, 5) is 38.9. The lowest BCUT2D eigenvalue weighted by atomic mass is 9.98. The first-order chi connectivity index (χ1) is 17.5. The maximum Gasteiger partial charge on any atom is 0.254 e. The highest BCUT2D eigenvalue weighted by Crippen LogP contribution is 2.32. The van der Waals surface area contributed by atoms with Crippen LogP contribution in [-0.4, -0.2) is 39.9 Å². The Morgan fingerprint density at radius 3 is 2.67 bits per heavy atom. The molecule has 4 heterocycles. The standard InChI is InChI=1S/C26H26FN5O3S/c1-2-16-12-28-26(29-13-16)32-7-5-18(6-8-32)25-30-20(15-36-25)14-35-22-4-3-17(10-21(22)27)9-19-11-23(33)31-24(19)34/h3-4,9-10,12-13,15,18H,2,5-8,11,14H2,1H3,(H,31,33,34)/b19-9+. The molecule has 186 valence electrons. The third-order valence-corrected chi connectivity index (χ3v) is 7.42. The van der Waals surface area contributed by atoms with Gasteiger partial charge in [0.25, 0.3) is 5.91 Å². The summed E-state index contributed by atoms with van der Waals surface area (Å²) in [6.45, 7) is 4.02. The molecule has 0 bridgehead atoms. The second-order valence-corrected chi connectivity index (χ2v) is 9.78. The number of piperidine rings is 1. The quantitative estimate of drug-likeness (QED) is 0.381. The summed E-state index contributed by atoms with van der Waals surface area (Å²) in [5.74, 6) is -0.0609. The molecule has 3 aromatic rings. The van der Waals surface area contributed by atoms with Gasteiger partial charge in [0.05, 0.1) is 17.1 Å². The minimum Gasteiger partial charge on any atom is -0.484 e. The van der Waals surface area contributed by atoms with E-state index in [0.717, 1.165) is 54.6 Å². The Hall–Kier alpha value is -3.66. The molecule has 0 atom stereocenters. The Kier molecular flexibility index (Phi) is 7.04. The molecule has 36 heavy (non-hydrogen) atoms. The van der Waals surface area contributed by atoms with Gasteiger partial charge >= 0.3 is 0 Å². The van der Waals surface area contributed by atoms with Crippen LogP contribution < -0.4 is 15.0 Å². The number of aromatic nitrogens is 3. The molecule has 8 nitrogen and oxygen atoms in total. The zero-order chi connectivity index (χ0) is 25.1. The summed E-state index contributed by atoms with van der Waals surface area (Å²) in [6.07, 6.45) is 8.18. The summed E-state index contributed by atoms with van der Waals surface area (Å²) in [7, 11) is 0. The van der Waals surface area contributed by atoms with Crippen LogP contribution in [0.5, 0.6) is 5.75 Å². The van der Waals surface area contributed by atoms with Crippen molar-refractivity contribution in [2.24, 2.45) is 0 Å². The van der Waals surface area contributed by atoms with E-state index in [-0.39, 0.29) is 24.7 Å². The molecule has 10 heteroatoms. The van der Waals surface area contributed by atoms with Crippen molar-refractivity contribution in [2.75, 3.05) is 18.0 Å². The highest BCUT2D eigenvalue weighted by molar-refractivity contribution is 7.09. The van der Waals surface area contributed by atoms with Crippen molar-refractivity contribution >= 4 is 35.2 Å². The Balaban J connectivity index is 1.15. The average molecular weight is 508 g/mol. The Morgan fingerprint density at radius 2 is 2.00 bits per heavy atom. The van der Waals surface area contributed by atoms with E-state index in [0.29, 0.717) is 17.1 Å². The van der Waals surface area contributed by atoms with Gasteiger partial charge in [-0.3, -0.25) is 14.9 Å². The average Bonchev–Trinajstić information content (AvgIpc) is 3.49. The Morgan fingerprint density at radius 1 is 1.22 bits per heavy atom. The normalized spacial score (nSPS) is 17.6. The van der Waals surface area contributed by atoms with Gasteiger partial charge in [0.2, 0.25) is 11.9 Å². The van der Waals surface area contributed by atoms with Crippen molar-refractivity contribution in [3.63, 3.8) is 0 Å². The van der Waals surface area contributed by atoms with Gasteiger partial charge in [0.15, 0.2) is 11.6 Å². The molecule has 0 saturated carbocycles. The van der Waals surface area contributed by atoms with E-state index in [1.165, 1.54) is 18.2 Å². The third kappa shape index (κ3) is 5.43. The molecule has 0 aliphatic carbocycles. The summed E-state index contributed by atoms with van der Waals surface area (Å²) in [5.41, 5.74) is 2.71. The third-order valence-electron chi connectivity index (χ3n) is 6.36. The number of aryl methyl sites for hydroxylation is 1. The fraction of sp³-hybridized carbons (Fsp3) is 0.346. The van der Waals surface area contributed by atoms with Crippen LogP contribution in [0.4, 0.5) is 10.3 Å². The molecule has 5 rings (SSSR count). The van der Waals surface area contributed by atoms with E-state index >= 15 is 0 Å². The van der Waals surface area contributed by atoms with Crippen LogP contribution in [-0.2, 0) is 22.6 Å². The number of anilines is 1. The van der Waals surface area contributed by atoms with Gasteiger partial charge in [-0.1, -0.05) is 13.0 Å². The largest absolute Gasteiger partial charge is 0.484 e. The SMILES string of the molecule is CCc1cnc(N2CCC(c3nc(COc4ccc(/C=C5\CC(=O)NC5=O)cc4F)cs3)CC2)nc1. The van der Waals surface area contributed by atoms with Gasteiger partial charge in [0.1, 0.15) is 6.61 Å². The first-order valence-corrected chi connectivity index (χ1v) is 12.8. The number of carbonyl (C=O) groups excluding carboxylic acids is 2. The number of hydrogen-bond donors (Lipinski definition) is 1. The number of ether oxygens (including phenoxy) is 1. The number of rotatable bonds is 7. The van der Waals surface area contributed by atoms with Crippen molar-refractivity contribution in [2.45, 2.75) is 45.1 Å². The fourth-order valence-electron chi connectivity index (χ4n) is 4.29. The molecule has 1 aromatic carbocycles. The second kappa shape index (κ2) is 10.5. The lowest BCUT2D eigenvalue weighted by Crippen LogP contribution is -2.34. The number of amides is 2. The van der Waals surface area contributed by atoms with E-state index < -0.39 is 11.7 Å². The predicted octanol–water partition coefficient (Wildman–Crippen LogP) is 4.03. The van der Waals surface area contributed by atoms with Crippen LogP contribution in [0.3, 0.4) is 0 Å². The number of carbonyl (C=O) groups is 2. The molecule has 2 aliphatic rings. The molecule has 0 spiro atoms. The van der Waals surface area contributed by atoms with Crippen molar-refractivity contribution in [3.8, 4) is 5.75 Å². The predicted molar refractivity (Wildman–Crippen MR) is 134 cm³/mol. The van der Waals surface area contributed by atoms with Crippen LogP contribution in [0.2, 0.25) is 0 Å². The first kappa shape index (κ1) is 24.1. The van der Waals surface area contributed by atoms with Crippen molar-refractivity contribution in [3.05, 3.63) is 69.2 Å². The van der Waals surface area contributed by atoms with E-state index in [2.05, 4.69) is 27.1 Å². The Labute approximate surface area is 212 Å². The van der Waals surface area contributed by atoms with E-state index in [4.69, 9.17) is 9.72 Å². The summed E-state index contributed by atoms with van der Waals surface area (Å²) >= 11 is 1.61. The van der Waals surface area contributed by atoms with Crippen LogP contribution in [0.1, 0.15) is 53.9 Å². The van der Waals surface area contributed by atoms with Crippen LogP contribution in [0.25, 0.3) is 6.08 Å². The number of nitrogens with one attached hydrogen (secondary N) is 1. The molecule has 2 amide bonds. The minimum absolute atomic E-state index is 0.00369. The zero-order valence-corrected chi connectivity index (χ0v) is 20.7. The number of benzene rings is 1. The fourth-order valence-corrected chi connectivity index (χ4v) is 5.27. The summed E-state index contributed by atoms with van der Waals surface area (Å²) < 4.78 is 20.2. The van der Waals surface area contributed by atoms with Gasteiger partial charge in [-0.25, -0.2) is 19.3 Å². The highest BCUT2D eigenvalue weighted by Gasteiger charge is 2.25.